The molecule has 0 aromatic carbocycles. The van der Waals surface area contributed by atoms with E-state index in [1.807, 2.05) is 6.26 Å². The Morgan fingerprint density at radius 2 is 2.35 bits per heavy atom. The molecule has 1 unspecified atom stereocenters. The fourth-order valence-electron chi connectivity index (χ4n) is 1.64. The summed E-state index contributed by atoms with van der Waals surface area (Å²) in [5.41, 5.74) is 5.73. The monoisotopic (exact) mass is 281 g/mol. The Bertz CT molecular complexity index is 278. The van der Waals surface area contributed by atoms with Crippen LogP contribution in [0.15, 0.2) is 0 Å². The summed E-state index contributed by atoms with van der Waals surface area (Å²) in [7, 11) is 1.74. The van der Waals surface area contributed by atoms with Crippen LogP contribution in [0.4, 0.5) is 0 Å². The van der Waals surface area contributed by atoms with Gasteiger partial charge in [0.15, 0.2) is 0 Å². The highest BCUT2D eigenvalue weighted by Crippen LogP contribution is 2.08. The van der Waals surface area contributed by atoms with Gasteiger partial charge in [0.25, 0.3) is 0 Å². The van der Waals surface area contributed by atoms with Gasteiger partial charge in [-0.3, -0.25) is 9.59 Å². The van der Waals surface area contributed by atoms with Crippen LogP contribution >= 0.6 is 24.2 Å². The Labute approximate surface area is 112 Å². The number of rotatable bonds is 5. The SMILES string of the molecule is CSCC[C@H](N)C(=O)NC1CC(=O)N(C)C1.Cl. The normalized spacial score (nSPS) is 21.0. The minimum atomic E-state index is -0.464. The molecule has 0 bridgehead atoms. The largest absolute Gasteiger partial charge is 0.350 e. The smallest absolute Gasteiger partial charge is 0.237 e. The number of amides is 2. The van der Waals surface area contributed by atoms with E-state index in [0.29, 0.717) is 19.4 Å². The second kappa shape index (κ2) is 7.79. The number of carbonyl (C=O) groups is 2. The van der Waals surface area contributed by atoms with Gasteiger partial charge < -0.3 is 16.0 Å². The molecule has 0 radical (unpaired) electrons. The predicted octanol–water partition coefficient (Wildman–Crippen LogP) is -0.164. The Hall–Kier alpha value is -0.460. The van der Waals surface area contributed by atoms with E-state index in [0.717, 1.165) is 5.75 Å². The van der Waals surface area contributed by atoms with Crippen LogP contribution in [0, 0.1) is 0 Å². The van der Waals surface area contributed by atoms with Crippen LogP contribution < -0.4 is 11.1 Å². The molecule has 3 N–H and O–H groups in total. The molecule has 17 heavy (non-hydrogen) atoms. The summed E-state index contributed by atoms with van der Waals surface area (Å²) in [5, 5.41) is 2.81. The van der Waals surface area contributed by atoms with Crippen LogP contribution in [0.5, 0.6) is 0 Å². The van der Waals surface area contributed by atoms with E-state index in [1.54, 1.807) is 23.7 Å². The number of likely N-dealkylation sites (N-methyl/N-ethyl adjacent to an activating group) is 1. The molecule has 0 aliphatic carbocycles. The summed E-state index contributed by atoms with van der Waals surface area (Å²) in [6.07, 6.45) is 3.04. The Morgan fingerprint density at radius 3 is 2.82 bits per heavy atom. The zero-order chi connectivity index (χ0) is 12.1. The first-order valence-electron chi connectivity index (χ1n) is 5.33. The van der Waals surface area contributed by atoms with Crippen molar-refractivity contribution < 1.29 is 9.59 Å². The molecule has 0 aromatic heterocycles. The molecule has 0 saturated carbocycles. The number of hydrogen-bond donors (Lipinski definition) is 2. The fourth-order valence-corrected chi connectivity index (χ4v) is 2.13. The van der Waals surface area contributed by atoms with E-state index in [2.05, 4.69) is 5.32 Å². The third-order valence-electron chi connectivity index (χ3n) is 2.66. The molecule has 100 valence electrons. The van der Waals surface area contributed by atoms with E-state index >= 15 is 0 Å². The number of halogens is 1. The molecule has 1 heterocycles. The number of hydrogen-bond acceptors (Lipinski definition) is 4. The minimum absolute atomic E-state index is 0. The summed E-state index contributed by atoms with van der Waals surface area (Å²) < 4.78 is 0. The summed E-state index contributed by atoms with van der Waals surface area (Å²) in [6, 6.07) is -0.543. The zero-order valence-electron chi connectivity index (χ0n) is 10.1. The fraction of sp³-hybridized carbons (Fsp3) is 0.800. The van der Waals surface area contributed by atoms with Crippen molar-refractivity contribution >= 4 is 36.0 Å². The number of likely N-dealkylation sites (tertiary alicyclic amines) is 1. The summed E-state index contributed by atoms with van der Waals surface area (Å²) >= 11 is 1.67. The number of carbonyl (C=O) groups excluding carboxylic acids is 2. The van der Waals surface area contributed by atoms with Crippen molar-refractivity contribution in [3.05, 3.63) is 0 Å². The molecule has 1 rings (SSSR count). The number of nitrogens with two attached hydrogens (primary N) is 1. The minimum Gasteiger partial charge on any atom is -0.350 e. The lowest BCUT2D eigenvalue weighted by Crippen LogP contribution is -2.46. The van der Waals surface area contributed by atoms with E-state index in [4.69, 9.17) is 5.73 Å². The lowest BCUT2D eigenvalue weighted by Gasteiger charge is -2.16. The predicted molar refractivity (Wildman–Crippen MR) is 72.4 cm³/mol. The van der Waals surface area contributed by atoms with Gasteiger partial charge in [0.05, 0.1) is 12.1 Å². The molecule has 0 spiro atoms. The average Bonchev–Trinajstić information content (AvgIpc) is 2.54. The van der Waals surface area contributed by atoms with Crippen molar-refractivity contribution in [2.75, 3.05) is 25.6 Å². The number of nitrogens with one attached hydrogen (secondary N) is 1. The molecule has 7 heteroatoms. The van der Waals surface area contributed by atoms with Gasteiger partial charge in [0.1, 0.15) is 0 Å². The van der Waals surface area contributed by atoms with Crippen LogP contribution in [0.25, 0.3) is 0 Å². The summed E-state index contributed by atoms with van der Waals surface area (Å²) in [5.74, 6) is 0.795. The van der Waals surface area contributed by atoms with E-state index in [-0.39, 0.29) is 30.3 Å². The lowest BCUT2D eigenvalue weighted by atomic mass is 10.2. The van der Waals surface area contributed by atoms with E-state index < -0.39 is 6.04 Å². The molecule has 1 fully saturated rings. The standard InChI is InChI=1S/C10H19N3O2S.ClH/c1-13-6-7(5-9(13)14)12-10(15)8(11)3-4-16-2;/h7-8H,3-6,11H2,1-2H3,(H,12,15);1H/t7?,8-;/m0./s1. The highest BCUT2D eigenvalue weighted by molar-refractivity contribution is 7.98. The van der Waals surface area contributed by atoms with E-state index in [9.17, 15) is 9.59 Å². The molecule has 5 nitrogen and oxygen atoms in total. The molecule has 2 amide bonds. The molecule has 1 aliphatic heterocycles. The average molecular weight is 282 g/mol. The maximum absolute atomic E-state index is 11.6. The van der Waals surface area contributed by atoms with Crippen molar-refractivity contribution in [1.82, 2.24) is 10.2 Å². The third-order valence-corrected chi connectivity index (χ3v) is 3.30. The highest BCUT2D eigenvalue weighted by atomic mass is 35.5. The van der Waals surface area contributed by atoms with Crippen molar-refractivity contribution in [3.8, 4) is 0 Å². The van der Waals surface area contributed by atoms with Gasteiger partial charge in [-0.2, -0.15) is 11.8 Å². The maximum Gasteiger partial charge on any atom is 0.237 e. The first kappa shape index (κ1) is 16.5. The van der Waals surface area contributed by atoms with Crippen LogP contribution in [-0.4, -0.2) is 54.4 Å². The second-order valence-electron chi connectivity index (χ2n) is 4.07. The molecule has 2 atom stereocenters. The highest BCUT2D eigenvalue weighted by Gasteiger charge is 2.28. The van der Waals surface area contributed by atoms with Crippen molar-refractivity contribution in [2.45, 2.75) is 24.9 Å². The lowest BCUT2D eigenvalue weighted by molar-refractivity contribution is -0.126. The molecule has 0 aromatic rings. The Morgan fingerprint density at radius 1 is 1.71 bits per heavy atom. The quantitative estimate of drug-likeness (QED) is 0.734. The Kier molecular flexibility index (Phi) is 7.58. The van der Waals surface area contributed by atoms with Crippen LogP contribution in [0.3, 0.4) is 0 Å². The molecular formula is C10H20ClN3O2S. The zero-order valence-corrected chi connectivity index (χ0v) is 11.8. The van der Waals surface area contributed by atoms with Crippen LogP contribution in [0.2, 0.25) is 0 Å². The van der Waals surface area contributed by atoms with Gasteiger partial charge >= 0.3 is 0 Å². The maximum atomic E-state index is 11.6. The first-order valence-corrected chi connectivity index (χ1v) is 6.73. The third kappa shape index (κ3) is 5.14. The summed E-state index contributed by atoms with van der Waals surface area (Å²) in [6.45, 7) is 0.583. The van der Waals surface area contributed by atoms with E-state index in [1.165, 1.54) is 0 Å². The van der Waals surface area contributed by atoms with Crippen molar-refractivity contribution in [1.29, 1.82) is 0 Å². The molecule has 1 saturated heterocycles. The van der Waals surface area contributed by atoms with Gasteiger partial charge in [-0.15, -0.1) is 12.4 Å². The van der Waals surface area contributed by atoms with Crippen molar-refractivity contribution in [3.63, 3.8) is 0 Å². The van der Waals surface area contributed by atoms with Gasteiger partial charge in [0, 0.05) is 20.0 Å². The topological polar surface area (TPSA) is 75.4 Å². The van der Waals surface area contributed by atoms with Gasteiger partial charge in [-0.05, 0) is 18.4 Å². The van der Waals surface area contributed by atoms with Crippen molar-refractivity contribution in [2.24, 2.45) is 5.73 Å². The molecular weight excluding hydrogens is 262 g/mol. The van der Waals surface area contributed by atoms with Gasteiger partial charge in [-0.1, -0.05) is 0 Å². The van der Waals surface area contributed by atoms with Crippen LogP contribution in [0.1, 0.15) is 12.8 Å². The number of nitrogens with zero attached hydrogens (tertiary/aromatic N) is 1. The van der Waals surface area contributed by atoms with Crippen LogP contribution in [-0.2, 0) is 9.59 Å². The Balaban J connectivity index is 0.00000256. The second-order valence-corrected chi connectivity index (χ2v) is 5.06. The molecule has 1 aliphatic rings. The number of thioether (sulfide) groups is 1. The van der Waals surface area contributed by atoms with Gasteiger partial charge in [-0.25, -0.2) is 0 Å². The first-order chi connectivity index (χ1) is 7.54. The summed E-state index contributed by atoms with van der Waals surface area (Å²) in [4.78, 5) is 24.5. The van der Waals surface area contributed by atoms with Gasteiger partial charge in [0.2, 0.25) is 11.8 Å².